The number of carboxylic acid groups (broad SMARTS) is 1. The molecule has 0 unspecified atom stereocenters. The van der Waals surface area contributed by atoms with Crippen LogP contribution in [-0.2, 0) is 19.7 Å². The summed E-state index contributed by atoms with van der Waals surface area (Å²) >= 11 is -0.363. The number of hydrogen-bond acceptors (Lipinski definition) is 3. The van der Waals surface area contributed by atoms with Gasteiger partial charge in [-0.05, 0) is 6.42 Å². The summed E-state index contributed by atoms with van der Waals surface area (Å²) in [6.07, 6.45) is 20.2. The molecule has 1 N–H and O–H groups in total. The van der Waals surface area contributed by atoms with E-state index in [2.05, 4.69) is 26.6 Å². The normalized spacial score (nSPS) is 9.96. The number of rotatable bonds is 16. The van der Waals surface area contributed by atoms with Crippen LogP contribution in [0.1, 0.15) is 110 Å². The van der Waals surface area contributed by atoms with Crippen molar-refractivity contribution in [3.05, 3.63) is 0 Å². The van der Waals surface area contributed by atoms with Crippen LogP contribution in [0.5, 0.6) is 0 Å². The van der Waals surface area contributed by atoms with Crippen molar-refractivity contribution >= 4 is 25.6 Å². The van der Waals surface area contributed by atoms with Gasteiger partial charge in [-0.3, -0.25) is 4.79 Å². The summed E-state index contributed by atoms with van der Waals surface area (Å²) in [7, 11) is 8.68. The third-order valence-electron chi connectivity index (χ3n) is 3.99. The van der Waals surface area contributed by atoms with E-state index in [1.807, 2.05) is 0 Å². The average Bonchev–Trinajstić information content (AvgIpc) is 2.51. The summed E-state index contributed by atoms with van der Waals surface area (Å²) in [6, 6.07) is 0. The van der Waals surface area contributed by atoms with Crippen molar-refractivity contribution < 1.29 is 24.8 Å². The molecule has 0 saturated heterocycles. The molecule has 0 atom stereocenters. The van der Waals surface area contributed by atoms with Gasteiger partial charge in [-0.1, -0.05) is 96.8 Å². The minimum atomic E-state index is -0.653. The Morgan fingerprint density at radius 3 is 1.22 bits per heavy atom. The Kier molecular flexibility index (Phi) is 27.9. The van der Waals surface area contributed by atoms with Gasteiger partial charge in [0, 0.05) is 6.42 Å². The number of aliphatic carboxylic acids is 1. The maximum absolute atomic E-state index is 10.3. The first kappa shape index (κ1) is 25.8. The molecule has 0 saturated carbocycles. The van der Waals surface area contributed by atoms with Gasteiger partial charge in [-0.2, -0.15) is 0 Å². The fourth-order valence-corrected chi connectivity index (χ4v) is 2.65. The van der Waals surface area contributed by atoms with Gasteiger partial charge < -0.3 is 5.11 Å². The molecule has 0 bridgehead atoms. The monoisotopic (exact) mass is 446 g/mol. The maximum atomic E-state index is 10.3. The molecule has 0 heterocycles. The van der Waals surface area contributed by atoms with Gasteiger partial charge in [0.15, 0.2) is 0 Å². The summed E-state index contributed by atoms with van der Waals surface area (Å²) in [5.41, 5.74) is 0. The molecular weight excluding hydrogens is 408 g/mol. The van der Waals surface area contributed by atoms with E-state index in [0.717, 1.165) is 12.8 Å². The molecule has 0 aromatic carbocycles. The molecule has 0 aromatic rings. The standard InChI is InChI=1S/C18H36O2.Mo.2S/c1-2-3-4-5-6-7-8-9-10-11-12-13-14-15-16-17-18(19)20;;;/h2-17H2,1H3,(H,19,20);;;. The second-order valence-electron chi connectivity index (χ2n) is 6.16. The van der Waals surface area contributed by atoms with Crippen LogP contribution in [0.3, 0.4) is 0 Å². The van der Waals surface area contributed by atoms with E-state index in [1.165, 1.54) is 83.5 Å². The zero-order valence-corrected chi connectivity index (χ0v) is 18.5. The fraction of sp³-hybridized carbons (Fsp3) is 0.944. The summed E-state index contributed by atoms with van der Waals surface area (Å²) < 4.78 is 0. The molecule has 0 radical (unpaired) electrons. The van der Waals surface area contributed by atoms with Crippen LogP contribution < -0.4 is 0 Å². The van der Waals surface area contributed by atoms with E-state index < -0.39 is 5.97 Å². The molecule has 0 aromatic heterocycles. The van der Waals surface area contributed by atoms with Crippen molar-refractivity contribution in [1.29, 1.82) is 0 Å². The first-order valence-corrected chi connectivity index (χ1v) is 14.9. The molecule has 0 rings (SSSR count). The second kappa shape index (κ2) is 24.8. The van der Waals surface area contributed by atoms with E-state index in [9.17, 15) is 4.79 Å². The van der Waals surface area contributed by atoms with Crippen molar-refractivity contribution in [2.75, 3.05) is 0 Å². The third-order valence-corrected chi connectivity index (χ3v) is 3.99. The topological polar surface area (TPSA) is 37.3 Å². The number of carboxylic acids is 1. The van der Waals surface area contributed by atoms with E-state index in [0.29, 0.717) is 6.42 Å². The van der Waals surface area contributed by atoms with Crippen LogP contribution in [-0.4, -0.2) is 11.1 Å². The Labute approximate surface area is 159 Å². The molecule has 23 heavy (non-hydrogen) atoms. The number of unbranched alkanes of at least 4 members (excludes halogenated alkanes) is 14. The van der Waals surface area contributed by atoms with Gasteiger partial charge in [-0.25, -0.2) is 0 Å². The van der Waals surface area contributed by atoms with Crippen LogP contribution >= 0.6 is 19.6 Å². The molecule has 0 aliphatic heterocycles. The van der Waals surface area contributed by atoms with Crippen LogP contribution in [0.2, 0.25) is 0 Å². The van der Waals surface area contributed by atoms with Gasteiger partial charge in [0.1, 0.15) is 0 Å². The Morgan fingerprint density at radius 2 is 0.957 bits per heavy atom. The quantitative estimate of drug-likeness (QED) is 0.196. The molecule has 2 nitrogen and oxygen atoms in total. The third kappa shape index (κ3) is 31.0. The molecule has 0 spiro atoms. The van der Waals surface area contributed by atoms with Crippen LogP contribution in [0.15, 0.2) is 0 Å². The predicted molar refractivity (Wildman–Crippen MR) is 102 cm³/mol. The predicted octanol–water partition coefficient (Wildman–Crippen LogP) is 7.63. The van der Waals surface area contributed by atoms with Crippen molar-refractivity contribution in [1.82, 2.24) is 0 Å². The van der Waals surface area contributed by atoms with E-state index in [1.54, 1.807) is 0 Å². The van der Waals surface area contributed by atoms with Crippen molar-refractivity contribution in [3.8, 4) is 0 Å². The van der Waals surface area contributed by atoms with E-state index in [-0.39, 0.29) is 14.9 Å². The molecule has 5 heteroatoms. The Bertz CT molecular complexity index is 280. The molecule has 138 valence electrons. The zero-order chi connectivity index (χ0) is 17.6. The summed E-state index contributed by atoms with van der Waals surface area (Å²) in [5, 5.41) is 8.52. The molecular formula is C18H36MoO2S2. The summed E-state index contributed by atoms with van der Waals surface area (Å²) in [6.45, 7) is 2.27. The summed E-state index contributed by atoms with van der Waals surface area (Å²) in [4.78, 5) is 10.3. The van der Waals surface area contributed by atoms with Crippen LogP contribution in [0, 0.1) is 0 Å². The van der Waals surface area contributed by atoms with Gasteiger partial charge in [0.05, 0.1) is 0 Å². The molecule has 0 aliphatic carbocycles. The van der Waals surface area contributed by atoms with Crippen molar-refractivity contribution in [3.63, 3.8) is 0 Å². The minimum absolute atomic E-state index is 0.345. The zero-order valence-electron chi connectivity index (χ0n) is 14.9. The first-order valence-electron chi connectivity index (χ1n) is 9.32. The summed E-state index contributed by atoms with van der Waals surface area (Å²) in [5.74, 6) is -0.653. The number of hydrogen-bond donors (Lipinski definition) is 1. The van der Waals surface area contributed by atoms with Gasteiger partial charge >= 0.3 is 40.5 Å². The number of carbonyl (C=O) groups is 1. The Morgan fingerprint density at radius 1 is 0.696 bits per heavy atom. The molecule has 0 fully saturated rings. The Balaban J connectivity index is 0. The van der Waals surface area contributed by atoms with Crippen molar-refractivity contribution in [2.45, 2.75) is 110 Å². The van der Waals surface area contributed by atoms with Gasteiger partial charge in [0.25, 0.3) is 0 Å². The van der Waals surface area contributed by atoms with Crippen LogP contribution in [0.25, 0.3) is 0 Å². The van der Waals surface area contributed by atoms with Crippen LogP contribution in [0.4, 0.5) is 0 Å². The SMILES string of the molecule is CCCCCCCCCCCCCCCCCC(=O)O.[S]=[Mo]=[S]. The van der Waals surface area contributed by atoms with Gasteiger partial charge in [-0.15, -0.1) is 0 Å². The van der Waals surface area contributed by atoms with Crippen molar-refractivity contribution in [2.24, 2.45) is 0 Å². The van der Waals surface area contributed by atoms with Gasteiger partial charge in [0.2, 0.25) is 0 Å². The fourth-order valence-electron chi connectivity index (χ4n) is 2.65. The average molecular weight is 445 g/mol. The second-order valence-corrected chi connectivity index (χ2v) is 9.72. The molecule has 0 aliphatic rings. The van der Waals surface area contributed by atoms with E-state index in [4.69, 9.17) is 5.11 Å². The Hall–Kier alpha value is 0.598. The van der Waals surface area contributed by atoms with E-state index >= 15 is 0 Å². The first-order chi connectivity index (χ1) is 11.2. The molecule has 0 amide bonds.